The Balaban J connectivity index is 3.00. The van der Waals surface area contributed by atoms with Crippen molar-refractivity contribution in [3.63, 3.8) is 0 Å². The van der Waals surface area contributed by atoms with Crippen molar-refractivity contribution < 1.29 is 14.2 Å². The van der Waals surface area contributed by atoms with E-state index in [1.807, 2.05) is 6.92 Å². The molecule has 0 aliphatic carbocycles. The van der Waals surface area contributed by atoms with Gasteiger partial charge in [-0.25, -0.2) is 4.39 Å². The molecule has 0 fully saturated rings. The first-order valence-electron chi connectivity index (χ1n) is 5.15. The van der Waals surface area contributed by atoms with Crippen molar-refractivity contribution in [2.24, 2.45) is 0 Å². The number of halogens is 2. The van der Waals surface area contributed by atoms with Crippen LogP contribution in [0.2, 0.25) is 5.02 Å². The fourth-order valence-electron chi connectivity index (χ4n) is 1.55. The standard InChI is InChI=1S/C12H16ClFO2/c1-4-16-12(2,3)11(15)9-6-5-8(13)7-10(9)14/h5-7,11,15H,4H2,1-3H3. The van der Waals surface area contributed by atoms with Crippen LogP contribution in [-0.4, -0.2) is 17.3 Å². The van der Waals surface area contributed by atoms with Gasteiger partial charge in [0, 0.05) is 17.2 Å². The van der Waals surface area contributed by atoms with Crippen LogP contribution in [0.3, 0.4) is 0 Å². The van der Waals surface area contributed by atoms with Crippen molar-refractivity contribution >= 4 is 11.6 Å². The molecule has 0 bridgehead atoms. The summed E-state index contributed by atoms with van der Waals surface area (Å²) in [6.07, 6.45) is -1.02. The number of hydrogen-bond acceptors (Lipinski definition) is 2. The summed E-state index contributed by atoms with van der Waals surface area (Å²) in [7, 11) is 0. The summed E-state index contributed by atoms with van der Waals surface area (Å²) in [5.74, 6) is -0.521. The van der Waals surface area contributed by atoms with Gasteiger partial charge in [0.25, 0.3) is 0 Å². The molecular formula is C12H16ClFO2. The molecule has 0 amide bonds. The molecule has 1 N–H and O–H groups in total. The van der Waals surface area contributed by atoms with Gasteiger partial charge in [-0.3, -0.25) is 0 Å². The fraction of sp³-hybridized carbons (Fsp3) is 0.500. The third kappa shape index (κ3) is 2.94. The molecule has 1 aromatic carbocycles. The molecule has 1 rings (SSSR count). The van der Waals surface area contributed by atoms with Gasteiger partial charge in [0.2, 0.25) is 0 Å². The zero-order valence-corrected chi connectivity index (χ0v) is 10.4. The van der Waals surface area contributed by atoms with Gasteiger partial charge in [-0.2, -0.15) is 0 Å². The Morgan fingerprint density at radius 3 is 2.62 bits per heavy atom. The second-order valence-electron chi connectivity index (χ2n) is 4.10. The lowest BCUT2D eigenvalue weighted by atomic mass is 9.94. The average molecular weight is 247 g/mol. The maximum absolute atomic E-state index is 13.6. The van der Waals surface area contributed by atoms with Crippen molar-refractivity contribution in [3.05, 3.63) is 34.6 Å². The number of rotatable bonds is 4. The molecule has 0 aromatic heterocycles. The first kappa shape index (κ1) is 13.4. The number of aliphatic hydroxyl groups is 1. The first-order chi connectivity index (χ1) is 7.38. The third-order valence-corrected chi connectivity index (χ3v) is 2.67. The molecule has 0 spiro atoms. The molecule has 0 aliphatic heterocycles. The molecule has 2 nitrogen and oxygen atoms in total. The zero-order chi connectivity index (χ0) is 12.3. The topological polar surface area (TPSA) is 29.5 Å². The second-order valence-corrected chi connectivity index (χ2v) is 4.54. The molecular weight excluding hydrogens is 231 g/mol. The van der Waals surface area contributed by atoms with E-state index in [0.717, 1.165) is 0 Å². The van der Waals surface area contributed by atoms with Gasteiger partial charge >= 0.3 is 0 Å². The summed E-state index contributed by atoms with van der Waals surface area (Å²) in [5, 5.41) is 10.4. The highest BCUT2D eigenvalue weighted by atomic mass is 35.5. The molecule has 1 aromatic rings. The van der Waals surface area contributed by atoms with E-state index in [1.165, 1.54) is 12.1 Å². The summed E-state index contributed by atoms with van der Waals surface area (Å²) in [6, 6.07) is 4.20. The van der Waals surface area contributed by atoms with Gasteiger partial charge in [-0.05, 0) is 32.9 Å². The predicted octanol–water partition coefficient (Wildman–Crippen LogP) is 3.33. The van der Waals surface area contributed by atoms with Crippen molar-refractivity contribution in [1.82, 2.24) is 0 Å². The van der Waals surface area contributed by atoms with E-state index in [9.17, 15) is 9.50 Å². The number of ether oxygens (including phenoxy) is 1. The highest BCUT2D eigenvalue weighted by Gasteiger charge is 2.31. The molecule has 1 unspecified atom stereocenters. The molecule has 0 saturated carbocycles. The Bertz CT molecular complexity index is 366. The molecule has 0 aliphatic rings. The van der Waals surface area contributed by atoms with Crippen LogP contribution in [0.15, 0.2) is 18.2 Å². The Morgan fingerprint density at radius 1 is 1.50 bits per heavy atom. The first-order valence-corrected chi connectivity index (χ1v) is 5.53. The van der Waals surface area contributed by atoms with E-state index in [4.69, 9.17) is 16.3 Å². The van der Waals surface area contributed by atoms with Crippen molar-refractivity contribution in [1.29, 1.82) is 0 Å². The molecule has 0 heterocycles. The highest BCUT2D eigenvalue weighted by Crippen LogP contribution is 2.31. The van der Waals surface area contributed by atoms with Gasteiger partial charge in [-0.15, -0.1) is 0 Å². The minimum Gasteiger partial charge on any atom is -0.385 e. The summed E-state index contributed by atoms with van der Waals surface area (Å²) in [5.41, 5.74) is -0.633. The second kappa shape index (κ2) is 5.13. The van der Waals surface area contributed by atoms with E-state index < -0.39 is 17.5 Å². The summed E-state index contributed by atoms with van der Waals surface area (Å²) >= 11 is 5.64. The van der Waals surface area contributed by atoms with Gasteiger partial charge < -0.3 is 9.84 Å². The normalized spacial score (nSPS) is 13.9. The van der Waals surface area contributed by atoms with Crippen LogP contribution in [-0.2, 0) is 4.74 Å². The number of benzene rings is 1. The van der Waals surface area contributed by atoms with E-state index in [2.05, 4.69) is 0 Å². The van der Waals surface area contributed by atoms with Crippen molar-refractivity contribution in [2.75, 3.05) is 6.61 Å². The molecule has 0 saturated heterocycles. The lowest BCUT2D eigenvalue weighted by molar-refractivity contribution is -0.0994. The number of hydrogen-bond donors (Lipinski definition) is 1. The fourth-order valence-corrected chi connectivity index (χ4v) is 1.71. The largest absolute Gasteiger partial charge is 0.385 e. The quantitative estimate of drug-likeness (QED) is 0.883. The van der Waals surface area contributed by atoms with Crippen LogP contribution in [0.25, 0.3) is 0 Å². The Labute approximate surface area is 100.0 Å². The Kier molecular flexibility index (Phi) is 4.30. The average Bonchev–Trinajstić information content (AvgIpc) is 2.16. The van der Waals surface area contributed by atoms with Gasteiger partial charge in [0.05, 0.1) is 5.60 Å². The van der Waals surface area contributed by atoms with Gasteiger partial charge in [0.15, 0.2) is 0 Å². The number of aliphatic hydroxyl groups excluding tert-OH is 1. The molecule has 90 valence electrons. The van der Waals surface area contributed by atoms with Crippen LogP contribution in [0.1, 0.15) is 32.4 Å². The molecule has 1 atom stereocenters. The Hall–Kier alpha value is -0.640. The van der Waals surface area contributed by atoms with Crippen molar-refractivity contribution in [3.8, 4) is 0 Å². The molecule has 16 heavy (non-hydrogen) atoms. The minimum absolute atomic E-state index is 0.197. The van der Waals surface area contributed by atoms with E-state index in [0.29, 0.717) is 11.6 Å². The van der Waals surface area contributed by atoms with Crippen LogP contribution >= 0.6 is 11.6 Å². The Morgan fingerprint density at radius 2 is 2.12 bits per heavy atom. The highest BCUT2D eigenvalue weighted by molar-refractivity contribution is 6.30. The van der Waals surface area contributed by atoms with Crippen LogP contribution in [0, 0.1) is 5.82 Å². The van der Waals surface area contributed by atoms with Crippen molar-refractivity contribution in [2.45, 2.75) is 32.5 Å². The SMILES string of the molecule is CCOC(C)(C)C(O)c1ccc(Cl)cc1F. The van der Waals surface area contributed by atoms with Gasteiger partial charge in [0.1, 0.15) is 11.9 Å². The zero-order valence-electron chi connectivity index (χ0n) is 9.63. The summed E-state index contributed by atoms with van der Waals surface area (Å²) in [4.78, 5) is 0. The molecule has 4 heteroatoms. The summed E-state index contributed by atoms with van der Waals surface area (Å²) < 4.78 is 19.0. The van der Waals surface area contributed by atoms with Crippen LogP contribution in [0.4, 0.5) is 4.39 Å². The van der Waals surface area contributed by atoms with E-state index in [-0.39, 0.29) is 5.56 Å². The van der Waals surface area contributed by atoms with Crippen LogP contribution in [0.5, 0.6) is 0 Å². The minimum atomic E-state index is -1.02. The summed E-state index contributed by atoms with van der Waals surface area (Å²) in [6.45, 7) is 5.72. The lowest BCUT2D eigenvalue weighted by Gasteiger charge is -2.30. The van der Waals surface area contributed by atoms with E-state index >= 15 is 0 Å². The van der Waals surface area contributed by atoms with Gasteiger partial charge in [-0.1, -0.05) is 17.7 Å². The molecule has 0 radical (unpaired) electrons. The van der Waals surface area contributed by atoms with Crippen LogP contribution < -0.4 is 0 Å². The maximum atomic E-state index is 13.6. The van der Waals surface area contributed by atoms with E-state index in [1.54, 1.807) is 19.9 Å². The smallest absolute Gasteiger partial charge is 0.130 e. The lowest BCUT2D eigenvalue weighted by Crippen LogP contribution is -2.33. The maximum Gasteiger partial charge on any atom is 0.130 e. The predicted molar refractivity (Wildman–Crippen MR) is 62.1 cm³/mol. The third-order valence-electron chi connectivity index (χ3n) is 2.43. The monoisotopic (exact) mass is 246 g/mol.